The minimum Gasteiger partial charge on any atom is -0.376 e. The number of H-pyrrole nitrogens is 1. The summed E-state index contributed by atoms with van der Waals surface area (Å²) in [5, 5.41) is 3.17. The van der Waals surface area contributed by atoms with Gasteiger partial charge in [-0.15, -0.1) is 0 Å². The maximum Gasteiger partial charge on any atom is 0.280 e. The molecule has 0 spiro atoms. The van der Waals surface area contributed by atoms with Crippen LogP contribution in [0.2, 0.25) is 0 Å². The largest absolute Gasteiger partial charge is 0.376 e. The van der Waals surface area contributed by atoms with E-state index in [4.69, 9.17) is 4.74 Å². The van der Waals surface area contributed by atoms with Gasteiger partial charge in [0.05, 0.1) is 23.9 Å². The number of hydrogen-bond donors (Lipinski definition) is 1. The Morgan fingerprint density at radius 3 is 2.80 bits per heavy atom. The lowest BCUT2D eigenvalue weighted by atomic mass is 10.1. The SMILES string of the molecule is CCCc1[nH]n(-c2ccc(F)cc2)c(=O)c1C(C)=NC[C@@H]1CCCO1. The quantitative estimate of drug-likeness (QED) is 0.817. The highest BCUT2D eigenvalue weighted by atomic mass is 19.1. The molecule has 0 bridgehead atoms. The highest BCUT2D eigenvalue weighted by Crippen LogP contribution is 2.14. The fourth-order valence-electron chi connectivity index (χ4n) is 3.16. The lowest BCUT2D eigenvalue weighted by molar-refractivity contribution is 0.118. The van der Waals surface area contributed by atoms with Crippen molar-refractivity contribution in [1.29, 1.82) is 0 Å². The van der Waals surface area contributed by atoms with Crippen molar-refractivity contribution in [2.45, 2.75) is 45.6 Å². The molecule has 3 rings (SSSR count). The summed E-state index contributed by atoms with van der Waals surface area (Å²) in [6, 6.07) is 5.87. The molecule has 5 nitrogen and oxygen atoms in total. The fraction of sp³-hybridized carbons (Fsp3) is 0.474. The Morgan fingerprint density at radius 1 is 1.40 bits per heavy atom. The molecular formula is C19H24FN3O2. The predicted molar refractivity (Wildman–Crippen MR) is 96.4 cm³/mol. The molecule has 1 N–H and O–H groups in total. The number of ether oxygens (including phenoxy) is 1. The van der Waals surface area contributed by atoms with Crippen molar-refractivity contribution in [1.82, 2.24) is 9.78 Å². The van der Waals surface area contributed by atoms with Gasteiger partial charge < -0.3 is 4.74 Å². The molecule has 1 aliphatic heterocycles. The zero-order chi connectivity index (χ0) is 17.8. The van der Waals surface area contributed by atoms with Gasteiger partial charge in [-0.2, -0.15) is 0 Å². The minimum absolute atomic E-state index is 0.149. The van der Waals surface area contributed by atoms with Crippen LogP contribution in [-0.4, -0.2) is 34.7 Å². The Balaban J connectivity index is 1.95. The minimum atomic E-state index is -0.327. The van der Waals surface area contributed by atoms with Gasteiger partial charge in [0, 0.05) is 18.0 Å². The van der Waals surface area contributed by atoms with E-state index in [-0.39, 0.29) is 17.5 Å². The molecule has 25 heavy (non-hydrogen) atoms. The van der Waals surface area contributed by atoms with Crippen molar-refractivity contribution < 1.29 is 9.13 Å². The van der Waals surface area contributed by atoms with E-state index >= 15 is 0 Å². The van der Waals surface area contributed by atoms with E-state index in [1.165, 1.54) is 16.8 Å². The van der Waals surface area contributed by atoms with Crippen molar-refractivity contribution in [2.24, 2.45) is 4.99 Å². The third kappa shape index (κ3) is 3.90. The van der Waals surface area contributed by atoms with E-state index in [0.29, 0.717) is 17.8 Å². The summed E-state index contributed by atoms with van der Waals surface area (Å²) < 4.78 is 20.2. The van der Waals surface area contributed by atoms with Gasteiger partial charge in [0.2, 0.25) is 0 Å². The van der Waals surface area contributed by atoms with Crippen LogP contribution in [0, 0.1) is 5.82 Å². The summed E-state index contributed by atoms with van der Waals surface area (Å²) >= 11 is 0. The summed E-state index contributed by atoms with van der Waals surface area (Å²) in [6.45, 7) is 5.31. The first-order chi connectivity index (χ1) is 12.1. The average Bonchev–Trinajstić information content (AvgIpc) is 3.22. The monoisotopic (exact) mass is 345 g/mol. The molecule has 0 saturated carbocycles. The molecule has 134 valence electrons. The van der Waals surface area contributed by atoms with Gasteiger partial charge in [0.1, 0.15) is 5.82 Å². The number of aryl methyl sites for hydroxylation is 1. The Hall–Kier alpha value is -2.21. The molecule has 1 fully saturated rings. The fourth-order valence-corrected chi connectivity index (χ4v) is 3.16. The average molecular weight is 345 g/mol. The van der Waals surface area contributed by atoms with Gasteiger partial charge in [-0.3, -0.25) is 14.9 Å². The molecule has 0 unspecified atom stereocenters. The highest BCUT2D eigenvalue weighted by Gasteiger charge is 2.19. The number of nitrogens with zero attached hydrogens (tertiary/aromatic N) is 2. The van der Waals surface area contributed by atoms with Crippen molar-refractivity contribution in [3.8, 4) is 5.69 Å². The van der Waals surface area contributed by atoms with Gasteiger partial charge in [-0.25, -0.2) is 9.07 Å². The summed E-state index contributed by atoms with van der Waals surface area (Å²) in [4.78, 5) is 17.5. The number of nitrogens with one attached hydrogen (secondary N) is 1. The smallest absolute Gasteiger partial charge is 0.280 e. The maximum absolute atomic E-state index is 13.2. The standard InChI is InChI=1S/C19H24FN3O2/c1-3-5-17-18(13(2)21-12-16-6-4-11-25-16)19(24)23(22-17)15-9-7-14(20)8-10-15/h7-10,16,22H,3-6,11-12H2,1-2H3/t16-/m0/s1. The Labute approximate surface area is 146 Å². The second-order valence-electron chi connectivity index (χ2n) is 6.39. The zero-order valence-electron chi connectivity index (χ0n) is 14.7. The van der Waals surface area contributed by atoms with E-state index in [2.05, 4.69) is 17.0 Å². The number of aromatic nitrogens is 2. The zero-order valence-corrected chi connectivity index (χ0v) is 14.7. The van der Waals surface area contributed by atoms with Crippen LogP contribution >= 0.6 is 0 Å². The number of benzene rings is 1. The Morgan fingerprint density at radius 2 is 2.16 bits per heavy atom. The second kappa shape index (κ2) is 7.78. The third-order valence-electron chi connectivity index (χ3n) is 4.47. The Kier molecular flexibility index (Phi) is 5.48. The van der Waals surface area contributed by atoms with E-state index < -0.39 is 0 Å². The topological polar surface area (TPSA) is 59.4 Å². The van der Waals surface area contributed by atoms with Crippen LogP contribution in [0.5, 0.6) is 0 Å². The lowest BCUT2D eigenvalue weighted by Gasteiger charge is -2.06. The molecule has 0 aliphatic carbocycles. The van der Waals surface area contributed by atoms with Gasteiger partial charge >= 0.3 is 0 Å². The number of rotatable bonds is 6. The van der Waals surface area contributed by atoms with Gasteiger partial charge in [-0.1, -0.05) is 13.3 Å². The molecule has 6 heteroatoms. The molecule has 1 saturated heterocycles. The lowest BCUT2D eigenvalue weighted by Crippen LogP contribution is -2.20. The molecule has 1 aromatic heterocycles. The first-order valence-corrected chi connectivity index (χ1v) is 8.83. The molecular weight excluding hydrogens is 321 g/mol. The van der Waals surface area contributed by atoms with Crippen molar-refractivity contribution in [3.63, 3.8) is 0 Å². The molecule has 2 heterocycles. The number of hydrogen-bond acceptors (Lipinski definition) is 3. The van der Waals surface area contributed by atoms with Crippen LogP contribution in [0.1, 0.15) is 44.4 Å². The first kappa shape index (κ1) is 17.6. The van der Waals surface area contributed by atoms with Crippen LogP contribution in [-0.2, 0) is 11.2 Å². The molecule has 1 aromatic carbocycles. The van der Waals surface area contributed by atoms with Crippen LogP contribution in [0.15, 0.2) is 34.1 Å². The summed E-state index contributed by atoms with van der Waals surface area (Å²) in [7, 11) is 0. The summed E-state index contributed by atoms with van der Waals surface area (Å²) in [6.07, 6.45) is 3.91. The van der Waals surface area contributed by atoms with Crippen LogP contribution in [0.4, 0.5) is 4.39 Å². The molecule has 1 atom stereocenters. The second-order valence-corrected chi connectivity index (χ2v) is 6.39. The van der Waals surface area contributed by atoms with E-state index in [0.717, 1.165) is 43.7 Å². The van der Waals surface area contributed by atoms with Gasteiger partial charge in [0.15, 0.2) is 0 Å². The van der Waals surface area contributed by atoms with E-state index in [1.54, 1.807) is 12.1 Å². The van der Waals surface area contributed by atoms with Crippen LogP contribution in [0.25, 0.3) is 5.69 Å². The van der Waals surface area contributed by atoms with Crippen molar-refractivity contribution in [3.05, 3.63) is 51.7 Å². The molecule has 0 amide bonds. The van der Waals surface area contributed by atoms with Crippen molar-refractivity contribution in [2.75, 3.05) is 13.2 Å². The van der Waals surface area contributed by atoms with E-state index in [1.807, 2.05) is 6.92 Å². The Bertz CT molecular complexity index is 799. The van der Waals surface area contributed by atoms with Gasteiger partial charge in [-0.05, 0) is 50.5 Å². The van der Waals surface area contributed by atoms with Crippen molar-refractivity contribution >= 4 is 5.71 Å². The molecule has 0 radical (unpaired) electrons. The summed E-state index contributed by atoms with van der Waals surface area (Å²) in [5.41, 5.74) is 2.67. The first-order valence-electron chi connectivity index (χ1n) is 8.83. The van der Waals surface area contributed by atoms with Crippen LogP contribution < -0.4 is 5.56 Å². The van der Waals surface area contributed by atoms with Gasteiger partial charge in [0.25, 0.3) is 5.56 Å². The molecule has 2 aromatic rings. The number of aliphatic imine (C=N–C) groups is 1. The molecule has 1 aliphatic rings. The van der Waals surface area contributed by atoms with E-state index in [9.17, 15) is 9.18 Å². The van der Waals surface area contributed by atoms with Crippen LogP contribution in [0.3, 0.4) is 0 Å². The normalized spacial score (nSPS) is 18.0. The third-order valence-corrected chi connectivity index (χ3v) is 4.47. The number of aromatic amines is 1. The summed E-state index contributed by atoms with van der Waals surface area (Å²) in [5.74, 6) is -0.327. The number of halogens is 1. The predicted octanol–water partition coefficient (Wildman–Crippen LogP) is 3.25. The highest BCUT2D eigenvalue weighted by molar-refractivity contribution is 5.99. The maximum atomic E-state index is 13.2.